The van der Waals surface area contributed by atoms with Crippen LogP contribution in [0.1, 0.15) is 16.9 Å². The van der Waals surface area contributed by atoms with Gasteiger partial charge in [-0.25, -0.2) is 4.39 Å². The van der Waals surface area contributed by atoms with E-state index in [0.717, 1.165) is 0 Å². The third kappa shape index (κ3) is 2.92. The van der Waals surface area contributed by atoms with Crippen molar-refractivity contribution in [1.82, 2.24) is 9.88 Å². The summed E-state index contributed by atoms with van der Waals surface area (Å²) in [6, 6.07) is 3.71. The average molecular weight is 336 g/mol. The number of carbonyl (C=O) groups is 2. The SMILES string of the molecule is COc1ccc(F)c2[nH]c(C(=O)N3CCOC[C@H]3CC(=O)O)cc12. The number of carboxylic acid groups (broad SMARTS) is 1. The van der Waals surface area contributed by atoms with Crippen LogP contribution in [0.2, 0.25) is 0 Å². The zero-order valence-electron chi connectivity index (χ0n) is 13.0. The normalized spacial score (nSPS) is 17.9. The largest absolute Gasteiger partial charge is 0.496 e. The molecule has 1 amide bonds. The highest BCUT2D eigenvalue weighted by Gasteiger charge is 2.31. The first kappa shape index (κ1) is 16.3. The molecule has 2 heterocycles. The van der Waals surface area contributed by atoms with Crippen LogP contribution in [0.3, 0.4) is 0 Å². The number of aliphatic carboxylic acids is 1. The van der Waals surface area contributed by atoms with Gasteiger partial charge in [0, 0.05) is 11.9 Å². The highest BCUT2D eigenvalue weighted by molar-refractivity contribution is 6.00. The molecule has 1 atom stereocenters. The quantitative estimate of drug-likeness (QED) is 0.885. The molecule has 0 aliphatic carbocycles. The Balaban J connectivity index is 1.95. The molecule has 2 N–H and O–H groups in total. The molecule has 1 aromatic heterocycles. The van der Waals surface area contributed by atoms with Crippen LogP contribution in [0.25, 0.3) is 10.9 Å². The number of rotatable bonds is 4. The molecular weight excluding hydrogens is 319 g/mol. The van der Waals surface area contributed by atoms with Crippen molar-refractivity contribution in [3.63, 3.8) is 0 Å². The van der Waals surface area contributed by atoms with E-state index in [9.17, 15) is 14.0 Å². The van der Waals surface area contributed by atoms with E-state index >= 15 is 0 Å². The molecule has 1 saturated heterocycles. The van der Waals surface area contributed by atoms with E-state index in [2.05, 4.69) is 4.98 Å². The minimum atomic E-state index is -1.01. The number of nitrogens with zero attached hydrogens (tertiary/aromatic N) is 1. The second kappa shape index (κ2) is 6.48. The third-order valence-electron chi connectivity index (χ3n) is 4.05. The van der Waals surface area contributed by atoms with Gasteiger partial charge >= 0.3 is 5.97 Å². The summed E-state index contributed by atoms with van der Waals surface area (Å²) < 4.78 is 24.4. The number of morpholine rings is 1. The van der Waals surface area contributed by atoms with E-state index < -0.39 is 17.8 Å². The van der Waals surface area contributed by atoms with E-state index in [1.807, 2.05) is 0 Å². The molecule has 0 bridgehead atoms. The lowest BCUT2D eigenvalue weighted by molar-refractivity contribution is -0.139. The smallest absolute Gasteiger partial charge is 0.305 e. The van der Waals surface area contributed by atoms with Gasteiger partial charge in [-0.1, -0.05) is 0 Å². The van der Waals surface area contributed by atoms with Crippen molar-refractivity contribution in [2.75, 3.05) is 26.9 Å². The summed E-state index contributed by atoms with van der Waals surface area (Å²) in [5, 5.41) is 9.45. The van der Waals surface area contributed by atoms with Crippen LogP contribution in [-0.2, 0) is 9.53 Å². The van der Waals surface area contributed by atoms with Crippen molar-refractivity contribution in [2.24, 2.45) is 0 Å². The first-order valence-corrected chi connectivity index (χ1v) is 7.47. The van der Waals surface area contributed by atoms with Gasteiger partial charge in [-0.05, 0) is 18.2 Å². The van der Waals surface area contributed by atoms with Crippen LogP contribution >= 0.6 is 0 Å². The standard InChI is InChI=1S/C16H17FN2O5/c1-23-13-3-2-11(17)15-10(13)7-12(18-15)16(22)19-4-5-24-8-9(19)6-14(20)21/h2-3,7,9,18H,4-6,8H2,1H3,(H,20,21)/t9-/m1/s1. The molecule has 0 spiro atoms. The Morgan fingerprint density at radius 1 is 1.50 bits per heavy atom. The van der Waals surface area contributed by atoms with Gasteiger partial charge in [0.25, 0.3) is 5.91 Å². The molecule has 8 heteroatoms. The lowest BCUT2D eigenvalue weighted by Crippen LogP contribution is -2.49. The molecule has 2 aromatic rings. The van der Waals surface area contributed by atoms with E-state index in [-0.39, 0.29) is 36.7 Å². The maximum atomic E-state index is 14.0. The second-order valence-corrected chi connectivity index (χ2v) is 5.55. The summed E-state index contributed by atoms with van der Waals surface area (Å²) >= 11 is 0. The number of fused-ring (bicyclic) bond motifs is 1. The Morgan fingerprint density at radius 2 is 2.29 bits per heavy atom. The number of H-pyrrole nitrogens is 1. The van der Waals surface area contributed by atoms with Gasteiger partial charge in [-0.2, -0.15) is 0 Å². The van der Waals surface area contributed by atoms with Crippen LogP contribution < -0.4 is 4.74 Å². The molecule has 1 aromatic carbocycles. The van der Waals surface area contributed by atoms with E-state index in [1.54, 1.807) is 0 Å². The molecule has 1 fully saturated rings. The molecule has 1 aliphatic heterocycles. The number of amides is 1. The van der Waals surface area contributed by atoms with Crippen molar-refractivity contribution in [2.45, 2.75) is 12.5 Å². The van der Waals surface area contributed by atoms with E-state index in [1.165, 1.54) is 30.2 Å². The molecule has 0 unspecified atom stereocenters. The van der Waals surface area contributed by atoms with Crippen molar-refractivity contribution >= 4 is 22.8 Å². The molecule has 3 rings (SSSR count). The Hall–Kier alpha value is -2.61. The summed E-state index contributed by atoms with van der Waals surface area (Å²) in [5.74, 6) is -1.44. The number of benzene rings is 1. The summed E-state index contributed by atoms with van der Waals surface area (Å²) in [6.45, 7) is 0.779. The summed E-state index contributed by atoms with van der Waals surface area (Å²) in [4.78, 5) is 28.0. The van der Waals surface area contributed by atoms with E-state index in [4.69, 9.17) is 14.6 Å². The number of halogens is 1. The first-order valence-electron chi connectivity index (χ1n) is 7.47. The van der Waals surface area contributed by atoms with Crippen molar-refractivity contribution in [1.29, 1.82) is 0 Å². The van der Waals surface area contributed by atoms with Crippen LogP contribution in [0.5, 0.6) is 5.75 Å². The Labute approximate surface area is 137 Å². The summed E-state index contributed by atoms with van der Waals surface area (Å²) in [7, 11) is 1.46. The number of ether oxygens (including phenoxy) is 2. The predicted molar refractivity (Wildman–Crippen MR) is 82.7 cm³/mol. The monoisotopic (exact) mass is 336 g/mol. The number of hydrogen-bond acceptors (Lipinski definition) is 4. The summed E-state index contributed by atoms with van der Waals surface area (Å²) in [5.41, 5.74) is 0.367. The maximum Gasteiger partial charge on any atom is 0.305 e. The fourth-order valence-corrected chi connectivity index (χ4v) is 2.90. The predicted octanol–water partition coefficient (Wildman–Crippen LogP) is 1.63. The molecule has 7 nitrogen and oxygen atoms in total. The Kier molecular flexibility index (Phi) is 4.39. The van der Waals surface area contributed by atoms with Crippen LogP contribution in [0.15, 0.2) is 18.2 Å². The number of carboxylic acids is 1. The minimum absolute atomic E-state index is 0.163. The summed E-state index contributed by atoms with van der Waals surface area (Å²) in [6.07, 6.45) is -0.205. The van der Waals surface area contributed by atoms with Crippen molar-refractivity contribution in [3.8, 4) is 5.75 Å². The lowest BCUT2D eigenvalue weighted by atomic mass is 10.1. The molecule has 1 aliphatic rings. The first-order chi connectivity index (χ1) is 11.5. The maximum absolute atomic E-state index is 14.0. The lowest BCUT2D eigenvalue weighted by Gasteiger charge is -2.34. The second-order valence-electron chi connectivity index (χ2n) is 5.55. The Bertz CT molecular complexity index is 788. The van der Waals surface area contributed by atoms with Crippen LogP contribution in [0, 0.1) is 5.82 Å². The van der Waals surface area contributed by atoms with Gasteiger partial charge in [0.1, 0.15) is 17.3 Å². The fourth-order valence-electron chi connectivity index (χ4n) is 2.90. The minimum Gasteiger partial charge on any atom is -0.496 e. The van der Waals surface area contributed by atoms with Gasteiger partial charge in [-0.3, -0.25) is 9.59 Å². The Morgan fingerprint density at radius 3 is 3.00 bits per heavy atom. The van der Waals surface area contributed by atoms with E-state index in [0.29, 0.717) is 17.7 Å². The molecule has 128 valence electrons. The van der Waals surface area contributed by atoms with Crippen LogP contribution in [0.4, 0.5) is 4.39 Å². The number of methoxy groups -OCH3 is 1. The van der Waals surface area contributed by atoms with Crippen molar-refractivity contribution in [3.05, 3.63) is 29.7 Å². The molecule has 0 saturated carbocycles. The highest BCUT2D eigenvalue weighted by atomic mass is 19.1. The van der Waals surface area contributed by atoms with Gasteiger partial charge in [0.05, 0.1) is 38.3 Å². The highest BCUT2D eigenvalue weighted by Crippen LogP contribution is 2.29. The average Bonchev–Trinajstić information content (AvgIpc) is 3.01. The number of carbonyl (C=O) groups excluding carboxylic acids is 1. The molecule has 24 heavy (non-hydrogen) atoms. The van der Waals surface area contributed by atoms with Gasteiger partial charge < -0.3 is 24.5 Å². The topological polar surface area (TPSA) is 91.9 Å². The van der Waals surface area contributed by atoms with Gasteiger partial charge in [-0.15, -0.1) is 0 Å². The number of hydrogen-bond donors (Lipinski definition) is 2. The molecule has 0 radical (unpaired) electrons. The molecular formula is C16H17FN2O5. The number of aromatic nitrogens is 1. The zero-order chi connectivity index (χ0) is 17.3. The zero-order valence-corrected chi connectivity index (χ0v) is 13.0. The number of nitrogens with one attached hydrogen (secondary N) is 1. The van der Waals surface area contributed by atoms with Gasteiger partial charge in [0.2, 0.25) is 0 Å². The fraction of sp³-hybridized carbons (Fsp3) is 0.375. The third-order valence-corrected chi connectivity index (χ3v) is 4.05. The van der Waals surface area contributed by atoms with Gasteiger partial charge in [0.15, 0.2) is 0 Å². The van der Waals surface area contributed by atoms with Crippen LogP contribution in [-0.4, -0.2) is 59.8 Å². The number of aromatic amines is 1. The van der Waals surface area contributed by atoms with Crippen molar-refractivity contribution < 1.29 is 28.6 Å².